The Kier molecular flexibility index (Phi) is 9.85. The average molecular weight is 685 g/mol. The van der Waals surface area contributed by atoms with E-state index < -0.39 is 45.9 Å². The van der Waals surface area contributed by atoms with Crippen LogP contribution in [0.25, 0.3) is 0 Å². The molecule has 49 heavy (non-hydrogen) atoms. The van der Waals surface area contributed by atoms with Gasteiger partial charge >= 0.3 is 0 Å². The van der Waals surface area contributed by atoms with Gasteiger partial charge in [0.15, 0.2) is 5.78 Å². The highest BCUT2D eigenvalue weighted by Gasteiger charge is 2.73. The van der Waals surface area contributed by atoms with Crippen LogP contribution in [-0.2, 0) is 9.53 Å². The zero-order valence-electron chi connectivity index (χ0n) is 30.6. The third-order valence-electron chi connectivity index (χ3n) is 15.2. The van der Waals surface area contributed by atoms with E-state index in [1.165, 1.54) is 6.42 Å². The quantitative estimate of drug-likeness (QED) is 0.109. The second-order valence-electron chi connectivity index (χ2n) is 17.8. The van der Waals surface area contributed by atoms with Crippen LogP contribution >= 0.6 is 0 Å². The Morgan fingerprint density at radius 2 is 1.78 bits per heavy atom. The van der Waals surface area contributed by atoms with E-state index in [4.69, 9.17) is 10.5 Å². The van der Waals surface area contributed by atoms with Gasteiger partial charge in [-0.1, -0.05) is 52.5 Å². The number of carbonyl (C=O) groups excluding carboxylic acids is 1. The van der Waals surface area contributed by atoms with E-state index in [1.54, 1.807) is 19.9 Å². The summed E-state index contributed by atoms with van der Waals surface area (Å²) in [7, 11) is 0. The smallest absolute Gasteiger partial charge is 0.159 e. The monoisotopic (exact) mass is 684 g/mol. The molecule has 0 amide bonds. The molecule has 0 radical (unpaired) electrons. The van der Waals surface area contributed by atoms with E-state index in [2.05, 4.69) is 25.2 Å². The van der Waals surface area contributed by atoms with Gasteiger partial charge in [0.1, 0.15) is 12.2 Å². The van der Waals surface area contributed by atoms with Crippen molar-refractivity contribution in [2.45, 2.75) is 160 Å². The predicted octanol–water partition coefficient (Wildman–Crippen LogP) is 4.55. The number of fused-ring (bicyclic) bond motifs is 5. The van der Waals surface area contributed by atoms with Crippen LogP contribution in [0.4, 0.5) is 0 Å². The Hall–Kier alpha value is -1.75. The molecule has 8 N–H and O–H groups in total. The SMILES string of the molecule is CCCCCC[C@]12CC[C@H](O)C[C@H]1C(=O)C=C1[C@@H]2CC[C@]2(C)[C@@H]([C@@](C)(O)[C@H]3O[C@@H]3[C@](C)(O)[C@](C)(CO)CCC3=CCNC(N)=C3)CC[C@@]12O. The number of allylic oxidation sites excluding steroid dienone is 3. The van der Waals surface area contributed by atoms with Gasteiger partial charge in [-0.3, -0.25) is 4.79 Å². The van der Waals surface area contributed by atoms with Gasteiger partial charge in [-0.15, -0.1) is 0 Å². The van der Waals surface area contributed by atoms with Crippen LogP contribution in [0.5, 0.6) is 0 Å². The number of ether oxygens (including phenoxy) is 1. The minimum Gasteiger partial charge on any atom is -0.396 e. The van der Waals surface area contributed by atoms with Crippen molar-refractivity contribution in [1.82, 2.24) is 5.32 Å². The number of nitrogens with two attached hydrogens (primary N) is 1. The van der Waals surface area contributed by atoms with Crippen molar-refractivity contribution in [2.75, 3.05) is 13.2 Å². The van der Waals surface area contributed by atoms with Crippen LogP contribution in [0.15, 0.2) is 35.2 Å². The fraction of sp³-hybridized carbons (Fsp3) is 0.825. The lowest BCUT2D eigenvalue weighted by atomic mass is 9.44. The first-order valence-corrected chi connectivity index (χ1v) is 19.3. The lowest BCUT2D eigenvalue weighted by Gasteiger charge is -2.61. The molecule has 4 fully saturated rings. The van der Waals surface area contributed by atoms with Crippen molar-refractivity contribution >= 4 is 5.78 Å². The molecular formula is C40H64N2O7. The number of aliphatic hydroxyl groups excluding tert-OH is 2. The summed E-state index contributed by atoms with van der Waals surface area (Å²) < 4.78 is 6.22. The van der Waals surface area contributed by atoms with Crippen LogP contribution < -0.4 is 11.1 Å². The molecule has 0 aromatic heterocycles. The molecule has 1 saturated heterocycles. The molecule has 2 aliphatic heterocycles. The molecule has 9 nitrogen and oxygen atoms in total. The molecule has 9 heteroatoms. The highest BCUT2D eigenvalue weighted by atomic mass is 16.6. The molecule has 6 rings (SSSR count). The molecule has 4 aliphatic carbocycles. The number of unbranched alkanes of at least 4 members (excludes halogenated alkanes) is 3. The maximum Gasteiger partial charge on any atom is 0.159 e. The molecule has 2 heterocycles. The van der Waals surface area contributed by atoms with Gasteiger partial charge in [-0.05, 0) is 119 Å². The molecular weight excluding hydrogens is 620 g/mol. The molecule has 0 bridgehead atoms. The van der Waals surface area contributed by atoms with Gasteiger partial charge in [0.2, 0.25) is 0 Å². The molecule has 0 spiro atoms. The van der Waals surface area contributed by atoms with Crippen LogP contribution in [0.1, 0.15) is 125 Å². The number of aliphatic hydroxyl groups is 5. The van der Waals surface area contributed by atoms with E-state index >= 15 is 0 Å². The van der Waals surface area contributed by atoms with Crippen molar-refractivity contribution in [3.63, 3.8) is 0 Å². The van der Waals surface area contributed by atoms with Gasteiger partial charge in [-0.25, -0.2) is 0 Å². The van der Waals surface area contributed by atoms with Gasteiger partial charge < -0.3 is 41.3 Å². The molecule has 0 aromatic rings. The third-order valence-corrected chi connectivity index (χ3v) is 15.2. The summed E-state index contributed by atoms with van der Waals surface area (Å²) in [4.78, 5) is 14.0. The number of carbonyl (C=O) groups is 1. The summed E-state index contributed by atoms with van der Waals surface area (Å²) in [5, 5.41) is 61.7. The first kappa shape index (κ1) is 37.0. The van der Waals surface area contributed by atoms with Gasteiger partial charge in [0, 0.05) is 23.3 Å². The Morgan fingerprint density at radius 3 is 2.47 bits per heavy atom. The maximum atomic E-state index is 14.0. The zero-order chi connectivity index (χ0) is 35.6. The van der Waals surface area contributed by atoms with Crippen molar-refractivity contribution in [2.24, 2.45) is 39.7 Å². The summed E-state index contributed by atoms with van der Waals surface area (Å²) in [6.07, 6.45) is 15.1. The van der Waals surface area contributed by atoms with Crippen LogP contribution in [0, 0.1) is 34.0 Å². The van der Waals surface area contributed by atoms with E-state index in [0.717, 1.165) is 56.1 Å². The van der Waals surface area contributed by atoms with Crippen LogP contribution in [0.3, 0.4) is 0 Å². The Morgan fingerprint density at radius 1 is 1.02 bits per heavy atom. The first-order valence-electron chi connectivity index (χ1n) is 19.3. The summed E-state index contributed by atoms with van der Waals surface area (Å²) in [6, 6.07) is 0. The van der Waals surface area contributed by atoms with E-state index in [9.17, 15) is 30.3 Å². The Balaban J connectivity index is 1.23. The molecule has 0 aromatic carbocycles. The number of hydrogen-bond donors (Lipinski definition) is 7. The van der Waals surface area contributed by atoms with Crippen LogP contribution in [0.2, 0.25) is 0 Å². The van der Waals surface area contributed by atoms with Gasteiger partial charge in [-0.2, -0.15) is 0 Å². The molecule has 3 saturated carbocycles. The fourth-order valence-electron chi connectivity index (χ4n) is 11.6. The van der Waals surface area contributed by atoms with Crippen molar-refractivity contribution < 1.29 is 35.1 Å². The number of epoxide rings is 1. The minimum atomic E-state index is -1.43. The van der Waals surface area contributed by atoms with Gasteiger partial charge in [0.05, 0.1) is 35.3 Å². The summed E-state index contributed by atoms with van der Waals surface area (Å²) in [5.41, 5.74) is 2.01. The molecule has 12 atom stereocenters. The molecule has 0 unspecified atom stereocenters. The number of rotatable bonds is 13. The third kappa shape index (κ3) is 5.87. The largest absolute Gasteiger partial charge is 0.396 e. The zero-order valence-corrected chi connectivity index (χ0v) is 30.6. The van der Waals surface area contributed by atoms with Crippen molar-refractivity contribution in [3.8, 4) is 0 Å². The lowest BCUT2D eigenvalue weighted by Crippen LogP contribution is -2.62. The normalized spacial score (nSPS) is 42.2. The summed E-state index contributed by atoms with van der Waals surface area (Å²) in [6.45, 7) is 10.1. The van der Waals surface area contributed by atoms with E-state index in [-0.39, 0.29) is 35.6 Å². The predicted molar refractivity (Wildman–Crippen MR) is 189 cm³/mol. The second kappa shape index (κ2) is 13.0. The minimum absolute atomic E-state index is 0.0525. The summed E-state index contributed by atoms with van der Waals surface area (Å²) >= 11 is 0. The highest BCUT2D eigenvalue weighted by Crippen LogP contribution is 2.70. The Bertz CT molecular complexity index is 1370. The lowest BCUT2D eigenvalue weighted by molar-refractivity contribution is -0.156. The molecule has 6 aliphatic rings. The number of hydrogen-bond acceptors (Lipinski definition) is 9. The summed E-state index contributed by atoms with van der Waals surface area (Å²) in [5.74, 6) is 0.207. The maximum absolute atomic E-state index is 14.0. The highest BCUT2D eigenvalue weighted by molar-refractivity contribution is 5.95. The number of ketones is 1. The Labute approximate surface area is 293 Å². The van der Waals surface area contributed by atoms with Gasteiger partial charge in [0.25, 0.3) is 0 Å². The van der Waals surface area contributed by atoms with Crippen molar-refractivity contribution in [1.29, 1.82) is 0 Å². The topological polar surface area (TPSA) is 169 Å². The number of dihydropyridines is 1. The molecule has 276 valence electrons. The fourth-order valence-corrected chi connectivity index (χ4v) is 11.6. The second-order valence-corrected chi connectivity index (χ2v) is 17.8. The van der Waals surface area contributed by atoms with Crippen molar-refractivity contribution in [3.05, 3.63) is 35.2 Å². The van der Waals surface area contributed by atoms with Crippen LogP contribution in [-0.4, -0.2) is 79.6 Å². The standard InChI is InChI=1S/C40H64N2O7/c1-6-7-8-9-15-39-18-11-26(44)22-29(39)30(45)23-28-27(39)12-17-36(3)31(13-19-40(28,36)48)37(4,46)33-34(49-33)38(5,47)35(2,24-43)16-10-25-14-20-42-32(41)21-25/h14,21,23,26-27,29,31,33-34,42-44,46-48H,6-13,15-20,22,24,41H2,1-5H3/t26-,27-,29-,31-,33-,34-,35-,36+,37+,38-,39+,40+/m0/s1. The first-order chi connectivity index (χ1) is 23.0. The average Bonchev–Trinajstić information content (AvgIpc) is 3.83. The van der Waals surface area contributed by atoms with E-state index in [0.29, 0.717) is 50.9 Å². The van der Waals surface area contributed by atoms with E-state index in [1.807, 2.05) is 13.0 Å². The number of nitrogens with one attached hydrogen (secondary N) is 1.